The molecule has 2 N–H and O–H groups in total. The lowest BCUT2D eigenvalue weighted by Crippen LogP contribution is -2.05. The van der Waals surface area contributed by atoms with Crippen molar-refractivity contribution in [3.05, 3.63) is 0 Å². The standard InChI is InChI=1S/C38H78O2/c1-3-5-7-29-33-37(39)35-31-27-25-23-21-19-17-15-13-11-9-10-12-14-16-18-20-22-24-26-28-32-36-38(40)34-30-8-6-4-2/h37-40H,3-36H2,1-2H3. The zero-order valence-electron chi connectivity index (χ0n) is 28.1. The zero-order chi connectivity index (χ0) is 29.2. The summed E-state index contributed by atoms with van der Waals surface area (Å²) in [5.74, 6) is 0. The topological polar surface area (TPSA) is 40.5 Å². The average molecular weight is 567 g/mol. The quantitative estimate of drug-likeness (QED) is 0.0749. The Morgan fingerprint density at radius 1 is 0.250 bits per heavy atom. The molecule has 0 aliphatic heterocycles. The lowest BCUT2D eigenvalue weighted by Gasteiger charge is -2.10. The summed E-state index contributed by atoms with van der Waals surface area (Å²) in [6, 6.07) is 0. The van der Waals surface area contributed by atoms with E-state index < -0.39 is 0 Å². The second-order valence-corrected chi connectivity index (χ2v) is 13.4. The number of aliphatic hydroxyl groups is 2. The van der Waals surface area contributed by atoms with Crippen LogP contribution < -0.4 is 0 Å². The van der Waals surface area contributed by atoms with E-state index in [1.807, 2.05) is 0 Å². The van der Waals surface area contributed by atoms with Crippen molar-refractivity contribution in [3.63, 3.8) is 0 Å². The molecule has 0 aliphatic carbocycles. The lowest BCUT2D eigenvalue weighted by atomic mass is 10.0. The fraction of sp³-hybridized carbons (Fsp3) is 1.00. The third kappa shape index (κ3) is 34.1. The Labute approximate surface area is 254 Å². The van der Waals surface area contributed by atoms with Gasteiger partial charge in [-0.3, -0.25) is 0 Å². The summed E-state index contributed by atoms with van der Waals surface area (Å²) in [5, 5.41) is 20.1. The molecule has 2 unspecified atom stereocenters. The summed E-state index contributed by atoms with van der Waals surface area (Å²) < 4.78 is 0. The van der Waals surface area contributed by atoms with E-state index in [1.54, 1.807) is 0 Å². The number of hydrogen-bond donors (Lipinski definition) is 2. The van der Waals surface area contributed by atoms with E-state index in [0.717, 1.165) is 25.7 Å². The van der Waals surface area contributed by atoms with Gasteiger partial charge in [-0.25, -0.2) is 0 Å². The van der Waals surface area contributed by atoms with E-state index in [-0.39, 0.29) is 12.2 Å². The van der Waals surface area contributed by atoms with Crippen LogP contribution in [-0.2, 0) is 0 Å². The third-order valence-electron chi connectivity index (χ3n) is 9.11. The number of hydrogen-bond acceptors (Lipinski definition) is 2. The smallest absolute Gasteiger partial charge is 0.0540 e. The van der Waals surface area contributed by atoms with E-state index in [2.05, 4.69) is 13.8 Å². The molecule has 0 heterocycles. The zero-order valence-corrected chi connectivity index (χ0v) is 28.1. The van der Waals surface area contributed by atoms with Crippen LogP contribution in [-0.4, -0.2) is 22.4 Å². The second kappa shape index (κ2) is 35.1. The van der Waals surface area contributed by atoms with Crippen LogP contribution >= 0.6 is 0 Å². The fourth-order valence-corrected chi connectivity index (χ4v) is 6.20. The lowest BCUT2D eigenvalue weighted by molar-refractivity contribution is 0.147. The van der Waals surface area contributed by atoms with E-state index >= 15 is 0 Å². The minimum atomic E-state index is -0.0378. The van der Waals surface area contributed by atoms with Crippen LogP contribution in [0, 0.1) is 0 Å². The molecule has 0 radical (unpaired) electrons. The number of aliphatic hydroxyl groups excluding tert-OH is 2. The second-order valence-electron chi connectivity index (χ2n) is 13.4. The van der Waals surface area contributed by atoms with Crippen molar-refractivity contribution in [2.75, 3.05) is 0 Å². The van der Waals surface area contributed by atoms with E-state index in [9.17, 15) is 10.2 Å². The first-order valence-corrected chi connectivity index (χ1v) is 19.1. The molecule has 2 atom stereocenters. The highest BCUT2D eigenvalue weighted by Crippen LogP contribution is 2.17. The summed E-state index contributed by atoms with van der Waals surface area (Å²) in [6.07, 6.45) is 45.1. The first-order valence-electron chi connectivity index (χ1n) is 19.1. The normalized spacial score (nSPS) is 13.2. The molecule has 0 aromatic heterocycles. The van der Waals surface area contributed by atoms with Gasteiger partial charge < -0.3 is 10.2 Å². The molecule has 2 heteroatoms. The minimum absolute atomic E-state index is 0.0378. The van der Waals surface area contributed by atoms with Crippen LogP contribution in [0.3, 0.4) is 0 Å². The molecule has 2 nitrogen and oxygen atoms in total. The van der Waals surface area contributed by atoms with Crippen molar-refractivity contribution in [2.45, 2.75) is 244 Å². The van der Waals surface area contributed by atoms with Crippen LogP contribution in [0.5, 0.6) is 0 Å². The van der Waals surface area contributed by atoms with E-state index in [1.165, 1.54) is 193 Å². The highest BCUT2D eigenvalue weighted by atomic mass is 16.3. The maximum absolute atomic E-state index is 10.0. The van der Waals surface area contributed by atoms with Crippen molar-refractivity contribution in [2.24, 2.45) is 0 Å². The molecule has 0 aromatic rings. The first kappa shape index (κ1) is 39.9. The summed E-state index contributed by atoms with van der Waals surface area (Å²) in [6.45, 7) is 4.49. The van der Waals surface area contributed by atoms with Crippen molar-refractivity contribution in [1.29, 1.82) is 0 Å². The first-order chi connectivity index (χ1) is 19.7. The highest BCUT2D eigenvalue weighted by Gasteiger charge is 2.04. The van der Waals surface area contributed by atoms with Gasteiger partial charge in [-0.05, 0) is 25.7 Å². The van der Waals surface area contributed by atoms with Gasteiger partial charge in [0.15, 0.2) is 0 Å². The molecule has 0 aromatic carbocycles. The van der Waals surface area contributed by atoms with Gasteiger partial charge in [-0.15, -0.1) is 0 Å². The predicted octanol–water partition coefficient (Wildman–Crippen LogP) is 13.0. The Hall–Kier alpha value is -0.0800. The minimum Gasteiger partial charge on any atom is -0.393 e. The monoisotopic (exact) mass is 567 g/mol. The van der Waals surface area contributed by atoms with Gasteiger partial charge in [-0.1, -0.05) is 206 Å². The van der Waals surface area contributed by atoms with Gasteiger partial charge in [0.05, 0.1) is 12.2 Å². The third-order valence-corrected chi connectivity index (χ3v) is 9.11. The molecular weight excluding hydrogens is 488 g/mol. The van der Waals surface area contributed by atoms with Gasteiger partial charge in [-0.2, -0.15) is 0 Å². The maximum atomic E-state index is 10.0. The molecule has 0 saturated carbocycles. The van der Waals surface area contributed by atoms with Gasteiger partial charge in [0.25, 0.3) is 0 Å². The molecule has 0 fully saturated rings. The Bertz CT molecular complexity index is 397. The molecule has 0 aliphatic rings. The predicted molar refractivity (Wildman–Crippen MR) is 180 cm³/mol. The highest BCUT2D eigenvalue weighted by molar-refractivity contribution is 4.59. The van der Waals surface area contributed by atoms with Crippen LogP contribution in [0.1, 0.15) is 232 Å². The molecule has 0 bridgehead atoms. The molecule has 0 spiro atoms. The van der Waals surface area contributed by atoms with Gasteiger partial charge >= 0.3 is 0 Å². The number of rotatable bonds is 35. The van der Waals surface area contributed by atoms with Crippen LogP contribution in [0.25, 0.3) is 0 Å². The Morgan fingerprint density at radius 3 is 0.575 bits per heavy atom. The van der Waals surface area contributed by atoms with E-state index in [4.69, 9.17) is 0 Å². The maximum Gasteiger partial charge on any atom is 0.0540 e. The molecular formula is C38H78O2. The van der Waals surface area contributed by atoms with Gasteiger partial charge in [0, 0.05) is 0 Å². The Kier molecular flexibility index (Phi) is 35.0. The summed E-state index contributed by atoms with van der Waals surface area (Å²) in [7, 11) is 0. The Morgan fingerprint density at radius 2 is 0.400 bits per heavy atom. The van der Waals surface area contributed by atoms with E-state index in [0.29, 0.717) is 0 Å². The summed E-state index contributed by atoms with van der Waals surface area (Å²) in [4.78, 5) is 0. The Balaban J connectivity index is 3.12. The van der Waals surface area contributed by atoms with Crippen molar-refractivity contribution in [3.8, 4) is 0 Å². The van der Waals surface area contributed by atoms with Crippen molar-refractivity contribution < 1.29 is 10.2 Å². The fourth-order valence-electron chi connectivity index (χ4n) is 6.20. The van der Waals surface area contributed by atoms with Gasteiger partial charge in [0.1, 0.15) is 0 Å². The van der Waals surface area contributed by atoms with Crippen molar-refractivity contribution in [1.82, 2.24) is 0 Å². The molecule has 40 heavy (non-hydrogen) atoms. The number of unbranched alkanes of at least 4 members (excludes halogenated alkanes) is 27. The summed E-state index contributed by atoms with van der Waals surface area (Å²) in [5.41, 5.74) is 0. The van der Waals surface area contributed by atoms with Crippen LogP contribution in [0.2, 0.25) is 0 Å². The van der Waals surface area contributed by atoms with Crippen LogP contribution in [0.15, 0.2) is 0 Å². The molecule has 0 amide bonds. The largest absolute Gasteiger partial charge is 0.393 e. The molecule has 0 saturated heterocycles. The average Bonchev–Trinajstić information content (AvgIpc) is 2.95. The van der Waals surface area contributed by atoms with Crippen LogP contribution in [0.4, 0.5) is 0 Å². The van der Waals surface area contributed by atoms with Gasteiger partial charge in [0.2, 0.25) is 0 Å². The van der Waals surface area contributed by atoms with Crippen molar-refractivity contribution >= 4 is 0 Å². The SMILES string of the molecule is CCCCCCC(O)CCCCCCCCCCCCCCCCCCCCCCCCC(O)CCCCCC. The summed E-state index contributed by atoms with van der Waals surface area (Å²) >= 11 is 0. The molecule has 242 valence electrons. The molecule has 0 rings (SSSR count).